The lowest BCUT2D eigenvalue weighted by molar-refractivity contribution is -1.00. The molecule has 2 rings (SSSR count). The lowest BCUT2D eigenvalue weighted by Crippen LogP contribution is -3.28. The van der Waals surface area contributed by atoms with Crippen LogP contribution in [-0.4, -0.2) is 57.1 Å². The average Bonchev–Trinajstić information content (AvgIpc) is 2.65. The van der Waals surface area contributed by atoms with E-state index in [-0.39, 0.29) is 17.9 Å². The number of rotatable bonds is 9. The van der Waals surface area contributed by atoms with Crippen molar-refractivity contribution in [2.24, 2.45) is 5.92 Å². The fourth-order valence-corrected chi connectivity index (χ4v) is 3.83. The van der Waals surface area contributed by atoms with Gasteiger partial charge >= 0.3 is 0 Å². The number of hydrogen-bond acceptors (Lipinski definition) is 2. The van der Waals surface area contributed by atoms with Gasteiger partial charge in [0.1, 0.15) is 26.2 Å². The van der Waals surface area contributed by atoms with E-state index in [0.29, 0.717) is 19.0 Å². The summed E-state index contributed by atoms with van der Waals surface area (Å²) in [4.78, 5) is 27.3. The SMILES string of the molecule is Cc1cccc(NC(=O)C[NH+]2CC[NH+](CC(=O)N[C@H](C)CCC(C)C)CC2)c1C. The summed E-state index contributed by atoms with van der Waals surface area (Å²) in [7, 11) is 0. The highest BCUT2D eigenvalue weighted by Gasteiger charge is 2.26. The van der Waals surface area contributed by atoms with Crippen LogP contribution in [0.5, 0.6) is 0 Å². The maximum atomic E-state index is 12.4. The number of carbonyl (C=O) groups is 2. The van der Waals surface area contributed by atoms with Crippen LogP contribution < -0.4 is 20.4 Å². The van der Waals surface area contributed by atoms with Gasteiger partial charge in [-0.2, -0.15) is 0 Å². The summed E-state index contributed by atoms with van der Waals surface area (Å²) < 4.78 is 0. The monoisotopic (exact) mass is 404 g/mol. The molecule has 1 atom stereocenters. The Hall–Kier alpha value is -1.92. The third kappa shape index (κ3) is 8.15. The Kier molecular flexibility index (Phi) is 9.11. The van der Waals surface area contributed by atoms with Crippen molar-refractivity contribution < 1.29 is 19.4 Å². The number of hydrogen-bond donors (Lipinski definition) is 4. The number of benzene rings is 1. The largest absolute Gasteiger partial charge is 0.349 e. The number of carbonyl (C=O) groups excluding carboxylic acids is 2. The molecule has 0 radical (unpaired) electrons. The Morgan fingerprint density at radius 1 is 0.931 bits per heavy atom. The zero-order valence-corrected chi connectivity index (χ0v) is 18.9. The second kappa shape index (κ2) is 11.3. The minimum absolute atomic E-state index is 0.0638. The maximum Gasteiger partial charge on any atom is 0.279 e. The molecule has 0 spiro atoms. The van der Waals surface area contributed by atoms with Gasteiger partial charge in [0.25, 0.3) is 11.8 Å². The van der Waals surface area contributed by atoms with Gasteiger partial charge in [-0.3, -0.25) is 9.59 Å². The molecule has 0 saturated carbocycles. The quantitative estimate of drug-likeness (QED) is 0.467. The topological polar surface area (TPSA) is 67.1 Å². The number of piperazine rings is 1. The average molecular weight is 405 g/mol. The van der Waals surface area contributed by atoms with E-state index in [2.05, 4.69) is 44.4 Å². The van der Waals surface area contributed by atoms with Crippen LogP contribution in [0.25, 0.3) is 0 Å². The standard InChI is InChI=1S/C23H38N4O2/c1-17(2)9-10-19(4)24-22(28)15-26-11-13-27(14-12-26)16-23(29)25-21-8-6-7-18(3)20(21)5/h6-8,17,19H,9-16H2,1-5H3,(H,24,28)(H,25,29)/p+2/t19-/m1/s1. The van der Waals surface area contributed by atoms with Gasteiger partial charge in [0.15, 0.2) is 13.1 Å². The summed E-state index contributed by atoms with van der Waals surface area (Å²) in [5.41, 5.74) is 3.21. The van der Waals surface area contributed by atoms with Gasteiger partial charge in [-0.05, 0) is 56.7 Å². The minimum Gasteiger partial charge on any atom is -0.349 e. The van der Waals surface area contributed by atoms with Crippen molar-refractivity contribution in [2.75, 3.05) is 44.6 Å². The van der Waals surface area contributed by atoms with Gasteiger partial charge in [0, 0.05) is 11.7 Å². The number of aryl methyl sites for hydroxylation is 1. The summed E-state index contributed by atoms with van der Waals surface area (Å²) in [5, 5.41) is 6.18. The van der Waals surface area contributed by atoms with E-state index in [4.69, 9.17) is 0 Å². The van der Waals surface area contributed by atoms with Gasteiger partial charge in [-0.15, -0.1) is 0 Å². The number of quaternary nitrogens is 2. The van der Waals surface area contributed by atoms with Crippen molar-refractivity contribution in [3.63, 3.8) is 0 Å². The normalized spacial score (nSPS) is 20.3. The van der Waals surface area contributed by atoms with Gasteiger partial charge in [0.2, 0.25) is 0 Å². The summed E-state index contributed by atoms with van der Waals surface area (Å²) in [6.07, 6.45) is 2.17. The Balaban J connectivity index is 1.68. The summed E-state index contributed by atoms with van der Waals surface area (Å²) >= 11 is 0. The third-order valence-electron chi connectivity index (χ3n) is 5.95. The van der Waals surface area contributed by atoms with E-state index in [1.54, 1.807) is 0 Å². The van der Waals surface area contributed by atoms with E-state index >= 15 is 0 Å². The lowest BCUT2D eigenvalue weighted by atomic mass is 10.0. The Morgan fingerprint density at radius 3 is 2.10 bits per heavy atom. The van der Waals surface area contributed by atoms with Crippen LogP contribution in [-0.2, 0) is 9.59 Å². The highest BCUT2D eigenvalue weighted by Crippen LogP contribution is 2.17. The fraction of sp³-hybridized carbons (Fsp3) is 0.652. The lowest BCUT2D eigenvalue weighted by Gasteiger charge is -2.29. The molecule has 0 aliphatic carbocycles. The van der Waals surface area contributed by atoms with E-state index in [0.717, 1.165) is 50.3 Å². The van der Waals surface area contributed by atoms with Crippen molar-refractivity contribution >= 4 is 17.5 Å². The number of amides is 2. The third-order valence-corrected chi connectivity index (χ3v) is 5.95. The molecule has 162 valence electrons. The summed E-state index contributed by atoms with van der Waals surface area (Å²) in [6, 6.07) is 6.23. The Labute approximate surface area is 176 Å². The zero-order chi connectivity index (χ0) is 21.4. The van der Waals surface area contributed by atoms with Crippen LogP contribution in [0.15, 0.2) is 18.2 Å². The predicted octanol–water partition coefficient (Wildman–Crippen LogP) is -0.0338. The van der Waals surface area contributed by atoms with Crippen LogP contribution >= 0.6 is 0 Å². The first-order chi connectivity index (χ1) is 13.7. The van der Waals surface area contributed by atoms with Crippen molar-refractivity contribution in [3.8, 4) is 0 Å². The molecular weight excluding hydrogens is 364 g/mol. The van der Waals surface area contributed by atoms with Crippen molar-refractivity contribution in [1.29, 1.82) is 0 Å². The fourth-order valence-electron chi connectivity index (χ4n) is 3.83. The first-order valence-electron chi connectivity index (χ1n) is 11.1. The molecule has 1 fully saturated rings. The molecule has 0 bridgehead atoms. The van der Waals surface area contributed by atoms with Gasteiger partial charge in [-0.25, -0.2) is 0 Å². The first kappa shape index (κ1) is 23.4. The molecular formula is C23H40N4O2+2. The maximum absolute atomic E-state index is 12.4. The molecule has 0 unspecified atom stereocenters. The van der Waals surface area contributed by atoms with Crippen LogP contribution in [0.2, 0.25) is 0 Å². The smallest absolute Gasteiger partial charge is 0.279 e. The van der Waals surface area contributed by atoms with E-state index in [1.165, 1.54) is 15.4 Å². The molecule has 1 aliphatic rings. The molecule has 6 heteroatoms. The second-order valence-electron chi connectivity index (χ2n) is 9.09. The van der Waals surface area contributed by atoms with Gasteiger partial charge in [-0.1, -0.05) is 26.0 Å². The molecule has 1 heterocycles. The summed E-state index contributed by atoms with van der Waals surface area (Å²) in [5.74, 6) is 0.879. The molecule has 29 heavy (non-hydrogen) atoms. The molecule has 1 aromatic rings. The molecule has 2 amide bonds. The highest BCUT2D eigenvalue weighted by atomic mass is 16.2. The predicted molar refractivity (Wildman–Crippen MR) is 117 cm³/mol. The first-order valence-corrected chi connectivity index (χ1v) is 11.1. The van der Waals surface area contributed by atoms with E-state index in [1.807, 2.05) is 19.1 Å². The van der Waals surface area contributed by atoms with Crippen molar-refractivity contribution in [1.82, 2.24) is 5.32 Å². The molecule has 0 aromatic heterocycles. The molecule has 6 nitrogen and oxygen atoms in total. The number of anilines is 1. The van der Waals surface area contributed by atoms with Crippen molar-refractivity contribution in [3.05, 3.63) is 29.3 Å². The summed E-state index contributed by atoms with van der Waals surface area (Å²) in [6.45, 7) is 15.3. The zero-order valence-electron chi connectivity index (χ0n) is 18.9. The molecule has 1 aliphatic heterocycles. The highest BCUT2D eigenvalue weighted by molar-refractivity contribution is 5.92. The molecule has 1 saturated heterocycles. The van der Waals surface area contributed by atoms with E-state index in [9.17, 15) is 9.59 Å². The van der Waals surface area contributed by atoms with E-state index < -0.39 is 0 Å². The number of nitrogens with one attached hydrogen (secondary N) is 4. The molecule has 4 N–H and O–H groups in total. The van der Waals surface area contributed by atoms with Crippen LogP contribution in [0.3, 0.4) is 0 Å². The van der Waals surface area contributed by atoms with Gasteiger partial charge in [0.05, 0.1) is 0 Å². The van der Waals surface area contributed by atoms with Crippen molar-refractivity contribution in [2.45, 2.75) is 53.5 Å². The second-order valence-corrected chi connectivity index (χ2v) is 9.09. The minimum atomic E-state index is 0.0638. The molecule has 1 aromatic carbocycles. The van der Waals surface area contributed by atoms with Crippen LogP contribution in [0, 0.1) is 19.8 Å². The Morgan fingerprint density at radius 2 is 1.52 bits per heavy atom. The van der Waals surface area contributed by atoms with Gasteiger partial charge < -0.3 is 20.4 Å². The Bertz CT molecular complexity index is 681. The van der Waals surface area contributed by atoms with Crippen LogP contribution in [0.1, 0.15) is 44.7 Å². The van der Waals surface area contributed by atoms with Crippen LogP contribution in [0.4, 0.5) is 5.69 Å².